The highest BCUT2D eigenvalue weighted by Crippen LogP contribution is 2.11. The molecular weight excluding hydrogens is 183 g/mol. The van der Waals surface area contributed by atoms with Crippen LogP contribution < -0.4 is 0 Å². The zero-order valence-electron chi connectivity index (χ0n) is 8.25. The van der Waals surface area contributed by atoms with Crippen molar-refractivity contribution in [1.29, 1.82) is 0 Å². The van der Waals surface area contributed by atoms with E-state index in [0.717, 1.165) is 11.1 Å². The molecule has 0 bridgehead atoms. The molecule has 3 heteroatoms. The molecule has 1 aromatic carbocycles. The van der Waals surface area contributed by atoms with Crippen molar-refractivity contribution in [3.05, 3.63) is 35.1 Å². The molecule has 0 amide bonds. The quantitative estimate of drug-likeness (QED) is 0.797. The molecule has 0 heterocycles. The molecule has 0 spiro atoms. The molecule has 0 aliphatic carbocycles. The van der Waals surface area contributed by atoms with Crippen LogP contribution in [0.15, 0.2) is 18.2 Å². The Morgan fingerprint density at radius 2 is 2.21 bits per heavy atom. The van der Waals surface area contributed by atoms with Crippen LogP contribution in [-0.4, -0.2) is 17.0 Å². The Labute approximate surface area is 82.4 Å². The number of carbonyl (C=O) groups excluding carboxylic acids is 1. The highest BCUT2D eigenvalue weighted by molar-refractivity contribution is 5.84. The maximum Gasteiger partial charge on any atom is 0.165 e. The first-order chi connectivity index (χ1) is 6.50. The number of aliphatic hydroxyl groups is 1. The molecule has 1 atom stereocenters. The molecule has 76 valence electrons. The molecule has 1 unspecified atom stereocenters. The van der Waals surface area contributed by atoms with E-state index >= 15 is 0 Å². The molecule has 0 aliphatic heterocycles. The van der Waals surface area contributed by atoms with Gasteiger partial charge in [-0.2, -0.15) is 0 Å². The van der Waals surface area contributed by atoms with E-state index in [-0.39, 0.29) is 18.0 Å². The monoisotopic (exact) mass is 196 g/mol. The molecule has 14 heavy (non-hydrogen) atoms. The Hall–Kier alpha value is -1.22. The van der Waals surface area contributed by atoms with E-state index in [0.29, 0.717) is 0 Å². The predicted molar refractivity (Wildman–Crippen MR) is 51.5 cm³/mol. The van der Waals surface area contributed by atoms with Gasteiger partial charge < -0.3 is 5.11 Å². The number of rotatable bonds is 3. The summed E-state index contributed by atoms with van der Waals surface area (Å²) >= 11 is 0. The van der Waals surface area contributed by atoms with Gasteiger partial charge in [-0.15, -0.1) is 0 Å². The summed E-state index contributed by atoms with van der Waals surface area (Å²) in [7, 11) is 0. The maximum atomic E-state index is 12.7. The summed E-state index contributed by atoms with van der Waals surface area (Å²) in [6.07, 6.45) is -0.802. The fraction of sp³-hybridized carbons (Fsp3) is 0.364. The van der Waals surface area contributed by atoms with Crippen molar-refractivity contribution >= 4 is 5.78 Å². The third-order valence-electron chi connectivity index (χ3n) is 2.14. The molecule has 0 aromatic heterocycles. The summed E-state index contributed by atoms with van der Waals surface area (Å²) in [5.74, 6) is -0.560. The van der Waals surface area contributed by atoms with Crippen molar-refractivity contribution in [2.75, 3.05) is 0 Å². The molecule has 2 nitrogen and oxygen atoms in total. The minimum absolute atomic E-state index is 0.157. The second-order valence-electron chi connectivity index (χ2n) is 3.39. The number of ketones is 1. The van der Waals surface area contributed by atoms with Gasteiger partial charge in [0.05, 0.1) is 0 Å². The Morgan fingerprint density at radius 1 is 1.57 bits per heavy atom. The zero-order chi connectivity index (χ0) is 10.7. The van der Waals surface area contributed by atoms with E-state index in [9.17, 15) is 9.18 Å². The summed E-state index contributed by atoms with van der Waals surface area (Å²) < 4.78 is 12.7. The molecule has 0 fully saturated rings. The standard InChI is InChI=1S/C11H13FO2/c1-7-5-10(12)4-3-9(7)6-11(14)8(2)13/h3-5,8,13H,6H2,1-2H3. The third-order valence-corrected chi connectivity index (χ3v) is 2.14. The van der Waals surface area contributed by atoms with Crippen LogP contribution in [0, 0.1) is 12.7 Å². The molecule has 0 saturated heterocycles. The van der Waals surface area contributed by atoms with Gasteiger partial charge in [-0.1, -0.05) is 6.07 Å². The van der Waals surface area contributed by atoms with Gasteiger partial charge in [0.1, 0.15) is 11.9 Å². The average molecular weight is 196 g/mol. The fourth-order valence-electron chi connectivity index (χ4n) is 1.19. The van der Waals surface area contributed by atoms with Gasteiger partial charge in [-0.3, -0.25) is 4.79 Å². The van der Waals surface area contributed by atoms with Gasteiger partial charge in [-0.25, -0.2) is 4.39 Å². The molecule has 1 N–H and O–H groups in total. The van der Waals surface area contributed by atoms with Crippen LogP contribution in [0.4, 0.5) is 4.39 Å². The number of hydrogen-bond donors (Lipinski definition) is 1. The number of aliphatic hydroxyl groups excluding tert-OH is 1. The smallest absolute Gasteiger partial charge is 0.165 e. The lowest BCUT2D eigenvalue weighted by Crippen LogP contribution is -2.18. The van der Waals surface area contributed by atoms with E-state index in [1.54, 1.807) is 13.0 Å². The van der Waals surface area contributed by atoms with Gasteiger partial charge in [0.15, 0.2) is 5.78 Å². The van der Waals surface area contributed by atoms with Gasteiger partial charge in [0.2, 0.25) is 0 Å². The average Bonchev–Trinajstić information content (AvgIpc) is 2.09. The number of carbonyl (C=O) groups is 1. The minimum atomic E-state index is -0.959. The lowest BCUT2D eigenvalue weighted by Gasteiger charge is -2.06. The second-order valence-corrected chi connectivity index (χ2v) is 3.39. The number of Topliss-reactive ketones (excluding diaryl/α,β-unsaturated/α-hetero) is 1. The minimum Gasteiger partial charge on any atom is -0.386 e. The van der Waals surface area contributed by atoms with E-state index in [1.165, 1.54) is 19.1 Å². The molecule has 0 saturated carbocycles. The van der Waals surface area contributed by atoms with Crippen molar-refractivity contribution in [3.8, 4) is 0 Å². The number of benzene rings is 1. The lowest BCUT2D eigenvalue weighted by molar-refractivity contribution is -0.125. The second kappa shape index (κ2) is 4.33. The molecular formula is C11H13FO2. The first-order valence-electron chi connectivity index (χ1n) is 4.46. The van der Waals surface area contributed by atoms with Gasteiger partial charge in [0.25, 0.3) is 0 Å². The topological polar surface area (TPSA) is 37.3 Å². The Morgan fingerprint density at radius 3 is 2.71 bits per heavy atom. The summed E-state index contributed by atoms with van der Waals surface area (Å²) in [5, 5.41) is 9.00. The number of aryl methyl sites for hydroxylation is 1. The van der Waals surface area contributed by atoms with Gasteiger partial charge >= 0.3 is 0 Å². The van der Waals surface area contributed by atoms with E-state index in [2.05, 4.69) is 0 Å². The molecule has 1 rings (SSSR count). The van der Waals surface area contributed by atoms with Crippen LogP contribution in [0.5, 0.6) is 0 Å². The molecule has 0 aliphatic rings. The maximum absolute atomic E-state index is 12.7. The zero-order valence-corrected chi connectivity index (χ0v) is 8.25. The first kappa shape index (κ1) is 10.9. The van der Waals surface area contributed by atoms with Crippen molar-refractivity contribution in [2.45, 2.75) is 26.4 Å². The van der Waals surface area contributed by atoms with E-state index in [4.69, 9.17) is 5.11 Å². The van der Waals surface area contributed by atoms with E-state index < -0.39 is 6.10 Å². The van der Waals surface area contributed by atoms with Crippen LogP contribution in [0.3, 0.4) is 0 Å². The Balaban J connectivity index is 2.82. The van der Waals surface area contributed by atoms with Crippen molar-refractivity contribution in [3.63, 3.8) is 0 Å². The largest absolute Gasteiger partial charge is 0.386 e. The van der Waals surface area contributed by atoms with Gasteiger partial charge in [0, 0.05) is 6.42 Å². The SMILES string of the molecule is Cc1cc(F)ccc1CC(=O)C(C)O. The highest BCUT2D eigenvalue weighted by atomic mass is 19.1. The molecule has 0 radical (unpaired) electrons. The van der Waals surface area contributed by atoms with Crippen LogP contribution in [-0.2, 0) is 11.2 Å². The Bertz CT molecular complexity index is 345. The van der Waals surface area contributed by atoms with Crippen molar-refractivity contribution < 1.29 is 14.3 Å². The van der Waals surface area contributed by atoms with Crippen LogP contribution in [0.2, 0.25) is 0 Å². The first-order valence-corrected chi connectivity index (χ1v) is 4.46. The van der Waals surface area contributed by atoms with Crippen LogP contribution in [0.1, 0.15) is 18.1 Å². The fourth-order valence-corrected chi connectivity index (χ4v) is 1.19. The third kappa shape index (κ3) is 2.64. The summed E-state index contributed by atoms with van der Waals surface area (Å²) in [6.45, 7) is 3.18. The summed E-state index contributed by atoms with van der Waals surface area (Å²) in [4.78, 5) is 11.2. The Kier molecular flexibility index (Phi) is 3.36. The summed E-state index contributed by atoms with van der Waals surface area (Å²) in [5.41, 5.74) is 1.50. The normalized spacial score (nSPS) is 12.6. The van der Waals surface area contributed by atoms with Crippen molar-refractivity contribution in [1.82, 2.24) is 0 Å². The van der Waals surface area contributed by atoms with Crippen molar-refractivity contribution in [2.24, 2.45) is 0 Å². The molecule has 1 aromatic rings. The summed E-state index contributed by atoms with van der Waals surface area (Å²) in [6, 6.07) is 4.27. The van der Waals surface area contributed by atoms with Crippen LogP contribution in [0.25, 0.3) is 0 Å². The van der Waals surface area contributed by atoms with Gasteiger partial charge in [-0.05, 0) is 37.1 Å². The van der Waals surface area contributed by atoms with E-state index in [1.807, 2.05) is 0 Å². The predicted octanol–water partition coefficient (Wildman–Crippen LogP) is 1.63. The lowest BCUT2D eigenvalue weighted by atomic mass is 10.0. The number of halogens is 1. The van der Waals surface area contributed by atoms with Crippen LogP contribution >= 0.6 is 0 Å². The number of hydrogen-bond acceptors (Lipinski definition) is 2. The highest BCUT2D eigenvalue weighted by Gasteiger charge is 2.11.